The number of aromatic hydroxyl groups is 1. The van der Waals surface area contributed by atoms with Crippen molar-refractivity contribution in [1.29, 1.82) is 0 Å². The first-order valence-corrected chi connectivity index (χ1v) is 7.78. The van der Waals surface area contributed by atoms with Crippen LogP contribution in [0.2, 0.25) is 0 Å². The molecule has 0 unspecified atom stereocenters. The number of nitrogens with zero attached hydrogens (tertiary/aromatic N) is 2. The van der Waals surface area contributed by atoms with Crippen molar-refractivity contribution in [2.45, 2.75) is 12.6 Å². The lowest BCUT2D eigenvalue weighted by Crippen LogP contribution is -2.21. The van der Waals surface area contributed by atoms with Gasteiger partial charge in [0.1, 0.15) is 11.3 Å². The number of alkyl halides is 3. The zero-order chi connectivity index (χ0) is 19.9. The summed E-state index contributed by atoms with van der Waals surface area (Å²) in [6.45, 7) is 0.789. The number of carboxylic acids is 1. The van der Waals surface area contributed by atoms with Crippen LogP contribution in [0.5, 0.6) is 5.75 Å². The van der Waals surface area contributed by atoms with E-state index >= 15 is 0 Å². The van der Waals surface area contributed by atoms with Crippen LogP contribution in [0.25, 0.3) is 10.9 Å². The van der Waals surface area contributed by atoms with Crippen LogP contribution < -0.4 is 5.32 Å². The summed E-state index contributed by atoms with van der Waals surface area (Å²) >= 11 is 0. The monoisotopic (exact) mass is 379 g/mol. The Labute approximate surface area is 152 Å². The van der Waals surface area contributed by atoms with Crippen molar-refractivity contribution in [3.05, 3.63) is 60.6 Å². The largest absolute Gasteiger partial charge is 0.506 e. The van der Waals surface area contributed by atoms with Gasteiger partial charge in [-0.25, -0.2) is 4.79 Å². The first-order valence-electron chi connectivity index (χ1n) is 7.78. The molecular formula is C18H16F3N3O3. The van der Waals surface area contributed by atoms with Gasteiger partial charge in [0.25, 0.3) is 0 Å². The van der Waals surface area contributed by atoms with Crippen LogP contribution in [0.1, 0.15) is 5.56 Å². The van der Waals surface area contributed by atoms with Gasteiger partial charge in [-0.05, 0) is 30.2 Å². The number of halogens is 3. The first-order chi connectivity index (χ1) is 12.8. The lowest BCUT2D eigenvalue weighted by atomic mass is 10.1. The third-order valence-corrected chi connectivity index (χ3v) is 3.39. The fourth-order valence-corrected chi connectivity index (χ4v) is 2.17. The highest BCUT2D eigenvalue weighted by Gasteiger charge is 2.38. The SMILES string of the molecule is O=C(O)C(F)(F)F.Oc1cc(NCCc2cccnc2)cc2cccnc12. The lowest BCUT2D eigenvalue weighted by Gasteiger charge is -2.08. The lowest BCUT2D eigenvalue weighted by molar-refractivity contribution is -0.192. The van der Waals surface area contributed by atoms with Crippen molar-refractivity contribution in [3.8, 4) is 5.75 Å². The van der Waals surface area contributed by atoms with Crippen molar-refractivity contribution >= 4 is 22.6 Å². The zero-order valence-electron chi connectivity index (χ0n) is 13.9. The predicted octanol–water partition coefficient (Wildman–Crippen LogP) is 3.62. The summed E-state index contributed by atoms with van der Waals surface area (Å²) in [6, 6.07) is 11.5. The number of aromatic nitrogens is 2. The van der Waals surface area contributed by atoms with Crippen LogP contribution in [0.15, 0.2) is 55.0 Å². The van der Waals surface area contributed by atoms with Gasteiger partial charge in [0.05, 0.1) is 0 Å². The molecule has 3 rings (SSSR count). The van der Waals surface area contributed by atoms with Crippen LogP contribution in [-0.4, -0.2) is 38.9 Å². The third-order valence-electron chi connectivity index (χ3n) is 3.39. The molecule has 0 aliphatic carbocycles. The number of carbonyl (C=O) groups is 1. The quantitative estimate of drug-likeness (QED) is 0.641. The highest BCUT2D eigenvalue weighted by Crippen LogP contribution is 2.26. The minimum atomic E-state index is -5.08. The molecule has 0 radical (unpaired) electrons. The molecule has 6 nitrogen and oxygen atoms in total. The van der Waals surface area contributed by atoms with Gasteiger partial charge in [0.15, 0.2) is 0 Å². The standard InChI is InChI=1S/C16H15N3O.C2HF3O2/c20-15-10-14(9-13-4-2-7-19-16(13)15)18-8-5-12-3-1-6-17-11-12;3-2(4,5)1(6)7/h1-4,6-7,9-11,18,20H,5,8H2;(H,6,7). The topological polar surface area (TPSA) is 95.3 Å². The number of phenolic OH excluding ortho intramolecular Hbond substituents is 1. The average Bonchev–Trinajstić information content (AvgIpc) is 2.62. The van der Waals surface area contributed by atoms with E-state index in [9.17, 15) is 18.3 Å². The van der Waals surface area contributed by atoms with E-state index in [1.807, 2.05) is 30.5 Å². The Morgan fingerprint density at radius 2 is 1.85 bits per heavy atom. The summed E-state index contributed by atoms with van der Waals surface area (Å²) in [6.07, 6.45) is 1.12. The van der Waals surface area contributed by atoms with Crippen molar-refractivity contribution in [3.63, 3.8) is 0 Å². The molecule has 0 saturated carbocycles. The van der Waals surface area contributed by atoms with Gasteiger partial charge in [-0.3, -0.25) is 9.97 Å². The molecular weight excluding hydrogens is 363 g/mol. The summed E-state index contributed by atoms with van der Waals surface area (Å²) in [5.41, 5.74) is 2.71. The van der Waals surface area contributed by atoms with Crippen molar-refractivity contribution in [2.24, 2.45) is 0 Å². The van der Waals surface area contributed by atoms with Gasteiger partial charge in [-0.2, -0.15) is 13.2 Å². The summed E-state index contributed by atoms with van der Waals surface area (Å²) < 4.78 is 31.7. The van der Waals surface area contributed by atoms with Gasteiger partial charge in [-0.1, -0.05) is 12.1 Å². The molecule has 0 aliphatic heterocycles. The van der Waals surface area contributed by atoms with Crippen molar-refractivity contribution in [2.75, 3.05) is 11.9 Å². The van der Waals surface area contributed by atoms with Gasteiger partial charge >= 0.3 is 12.1 Å². The number of benzene rings is 1. The number of hydrogen-bond acceptors (Lipinski definition) is 5. The van der Waals surface area contributed by atoms with Crippen LogP contribution in [0.4, 0.5) is 18.9 Å². The maximum absolute atomic E-state index is 10.6. The summed E-state index contributed by atoms with van der Waals surface area (Å²) in [7, 11) is 0. The smallest absolute Gasteiger partial charge is 0.490 e. The highest BCUT2D eigenvalue weighted by atomic mass is 19.4. The van der Waals surface area contributed by atoms with Crippen LogP contribution in [0, 0.1) is 0 Å². The number of fused-ring (bicyclic) bond motifs is 1. The number of pyridine rings is 2. The molecule has 0 aliphatic rings. The molecule has 0 saturated heterocycles. The maximum atomic E-state index is 10.6. The molecule has 2 aromatic heterocycles. The molecule has 0 spiro atoms. The number of rotatable bonds is 4. The van der Waals surface area contributed by atoms with Gasteiger partial charge in [-0.15, -0.1) is 0 Å². The molecule has 27 heavy (non-hydrogen) atoms. The number of aliphatic carboxylic acids is 1. The van der Waals surface area contributed by atoms with E-state index in [1.165, 1.54) is 5.56 Å². The van der Waals surface area contributed by atoms with Crippen LogP contribution in [0.3, 0.4) is 0 Å². The number of hydrogen-bond donors (Lipinski definition) is 3. The van der Waals surface area contributed by atoms with E-state index in [1.54, 1.807) is 18.5 Å². The molecule has 142 valence electrons. The Morgan fingerprint density at radius 3 is 2.48 bits per heavy atom. The highest BCUT2D eigenvalue weighted by molar-refractivity contribution is 5.87. The first kappa shape index (κ1) is 20.0. The Balaban J connectivity index is 0.000000321. The van der Waals surface area contributed by atoms with E-state index in [-0.39, 0.29) is 5.75 Å². The third kappa shape index (κ3) is 6.14. The molecule has 1 aromatic carbocycles. The summed E-state index contributed by atoms with van der Waals surface area (Å²) in [5, 5.41) is 21.3. The van der Waals surface area contributed by atoms with E-state index in [2.05, 4.69) is 21.4 Å². The minimum Gasteiger partial charge on any atom is -0.506 e. The second kappa shape index (κ2) is 8.84. The van der Waals surface area contributed by atoms with Gasteiger partial charge in [0, 0.05) is 42.3 Å². The minimum absolute atomic E-state index is 0.201. The Bertz CT molecular complexity index is 902. The Morgan fingerprint density at radius 1 is 1.15 bits per heavy atom. The van der Waals surface area contributed by atoms with E-state index < -0.39 is 12.1 Å². The van der Waals surface area contributed by atoms with E-state index in [0.717, 1.165) is 24.0 Å². The predicted molar refractivity (Wildman–Crippen MR) is 93.5 cm³/mol. The fraction of sp³-hybridized carbons (Fsp3) is 0.167. The molecule has 3 N–H and O–H groups in total. The van der Waals surface area contributed by atoms with Gasteiger partial charge in [0.2, 0.25) is 0 Å². The average molecular weight is 379 g/mol. The molecule has 2 heterocycles. The molecule has 0 fully saturated rings. The number of anilines is 1. The van der Waals surface area contributed by atoms with Crippen molar-refractivity contribution < 1.29 is 28.2 Å². The second-order valence-electron chi connectivity index (χ2n) is 5.41. The second-order valence-corrected chi connectivity index (χ2v) is 5.41. The molecule has 0 amide bonds. The molecule has 0 atom stereocenters. The Hall–Kier alpha value is -3.36. The molecule has 3 aromatic rings. The van der Waals surface area contributed by atoms with Crippen LogP contribution >= 0.6 is 0 Å². The fourth-order valence-electron chi connectivity index (χ4n) is 2.17. The van der Waals surface area contributed by atoms with Gasteiger partial charge < -0.3 is 15.5 Å². The number of nitrogens with one attached hydrogen (secondary N) is 1. The normalized spacial score (nSPS) is 10.8. The number of phenols is 1. The molecule has 9 heteroatoms. The summed E-state index contributed by atoms with van der Waals surface area (Å²) in [5.74, 6) is -2.56. The van der Waals surface area contributed by atoms with Crippen LogP contribution in [-0.2, 0) is 11.2 Å². The van der Waals surface area contributed by atoms with E-state index in [4.69, 9.17) is 9.90 Å². The molecule has 0 bridgehead atoms. The summed E-state index contributed by atoms with van der Waals surface area (Å²) in [4.78, 5) is 17.1. The zero-order valence-corrected chi connectivity index (χ0v) is 13.9. The number of carboxylic acid groups (broad SMARTS) is 1. The Kier molecular flexibility index (Phi) is 6.53. The maximum Gasteiger partial charge on any atom is 0.490 e. The van der Waals surface area contributed by atoms with E-state index in [0.29, 0.717) is 5.52 Å². The van der Waals surface area contributed by atoms with Crippen molar-refractivity contribution in [1.82, 2.24) is 9.97 Å².